The van der Waals surface area contributed by atoms with Crippen LogP contribution in [0.1, 0.15) is 31.9 Å². The maximum atomic E-state index is 6.28. The van der Waals surface area contributed by atoms with E-state index in [0.717, 1.165) is 33.0 Å². The minimum absolute atomic E-state index is 0.121. The fraction of sp³-hybridized carbons (Fsp3) is 0.149. The summed E-state index contributed by atoms with van der Waals surface area (Å²) in [5.74, 6) is 0. The molecule has 0 unspecified atom stereocenters. The van der Waals surface area contributed by atoms with Crippen molar-refractivity contribution >= 4 is 105 Å². The second-order valence-corrected chi connectivity index (χ2v) is 23.5. The van der Waals surface area contributed by atoms with Crippen molar-refractivity contribution in [2.24, 2.45) is 21.1 Å². The van der Waals surface area contributed by atoms with Crippen molar-refractivity contribution < 1.29 is 27.0 Å². The van der Waals surface area contributed by atoms with Crippen LogP contribution < -0.4 is 62.4 Å². The molecule has 420 valence electrons. The molecule has 0 bridgehead atoms. The molecule has 86 heavy (non-hydrogen) atoms. The van der Waals surface area contributed by atoms with Gasteiger partial charge >= 0.3 is 20.5 Å². The lowest BCUT2D eigenvalue weighted by atomic mass is 9.50. The number of hydrogen-bond acceptors (Lipinski definition) is 6. The van der Waals surface area contributed by atoms with Crippen LogP contribution in [0.15, 0.2) is 220 Å². The SMILES string of the molecule is CC1=c2oc3ccccc3c2=CN(C)B1c1cc(-c2ccccc2)c(C)c[n+]1C.CC1=c2oc3ccccc3c2=CN(C)B1c1cc(-c2ccccc2)cc[n+]1C.CC1=c2oc3ccccc3c2=CN(C)B1c1cc(C)c(-c2ccccc2)c[n+]1C. The molecule has 0 N–H and O–H groups in total. The number of aryl methyl sites for hydroxylation is 5. The van der Waals surface area contributed by atoms with E-state index in [2.05, 4.69) is 294 Å². The van der Waals surface area contributed by atoms with Gasteiger partial charge in [-0.2, -0.15) is 0 Å². The van der Waals surface area contributed by atoms with Gasteiger partial charge < -0.3 is 27.7 Å². The van der Waals surface area contributed by atoms with Gasteiger partial charge in [0.25, 0.3) is 0 Å². The lowest BCUT2D eigenvalue weighted by Crippen LogP contribution is -2.62. The molecule has 0 atom stereocenters. The second-order valence-electron chi connectivity index (χ2n) is 23.5. The molecule has 0 saturated carbocycles. The van der Waals surface area contributed by atoms with E-state index in [1.54, 1.807) is 0 Å². The Morgan fingerprint density at radius 1 is 0.337 bits per heavy atom. The molecule has 0 spiro atoms. The number of pyridine rings is 3. The first kappa shape index (κ1) is 55.4. The Morgan fingerprint density at radius 3 is 1.14 bits per heavy atom. The summed E-state index contributed by atoms with van der Waals surface area (Å²) in [6.45, 7) is 11.3. The predicted molar refractivity (Wildman–Crippen MR) is 355 cm³/mol. The zero-order valence-electron chi connectivity index (χ0n) is 51.0. The van der Waals surface area contributed by atoms with Crippen LogP contribution in [0.2, 0.25) is 0 Å². The van der Waals surface area contributed by atoms with E-state index in [4.69, 9.17) is 13.3 Å². The van der Waals surface area contributed by atoms with Gasteiger partial charge in [-0.05, 0) is 142 Å². The molecule has 12 aromatic rings. The lowest BCUT2D eigenvalue weighted by Gasteiger charge is -2.24. The van der Waals surface area contributed by atoms with Crippen LogP contribution in [0.4, 0.5) is 0 Å². The molecule has 0 radical (unpaired) electrons. The molecule has 3 aliphatic rings. The fourth-order valence-electron chi connectivity index (χ4n) is 13.5. The Bertz CT molecular complexity index is 5020. The highest BCUT2D eigenvalue weighted by Crippen LogP contribution is 2.25. The van der Waals surface area contributed by atoms with Gasteiger partial charge in [-0.25, -0.2) is 13.7 Å². The van der Waals surface area contributed by atoms with Gasteiger partial charge in [-0.15, -0.1) is 0 Å². The monoisotopic (exact) mass is 1120 g/mol. The van der Waals surface area contributed by atoms with Crippen LogP contribution in [0, 0.1) is 13.8 Å². The molecular weight excluding hydrogens is 1050 g/mol. The zero-order chi connectivity index (χ0) is 59.5. The van der Waals surface area contributed by atoms with Crippen molar-refractivity contribution in [2.45, 2.75) is 34.6 Å². The van der Waals surface area contributed by atoms with Crippen LogP contribution in [-0.4, -0.2) is 56.1 Å². The first-order chi connectivity index (χ1) is 41.7. The Hall–Kier alpha value is -9.80. The average molecular weight is 1120 g/mol. The van der Waals surface area contributed by atoms with E-state index >= 15 is 0 Å². The van der Waals surface area contributed by atoms with Gasteiger partial charge in [0.1, 0.15) is 54.1 Å². The van der Waals surface area contributed by atoms with Gasteiger partial charge in [0.2, 0.25) is 0 Å². The molecule has 0 amide bonds. The number of furan rings is 3. The van der Waals surface area contributed by atoms with Gasteiger partial charge in [-0.3, -0.25) is 0 Å². The van der Waals surface area contributed by atoms with E-state index in [0.29, 0.717) is 0 Å². The third kappa shape index (κ3) is 9.92. The van der Waals surface area contributed by atoms with Gasteiger partial charge in [0, 0.05) is 67.2 Å². The summed E-state index contributed by atoms with van der Waals surface area (Å²) >= 11 is 0. The maximum absolute atomic E-state index is 6.28. The quantitative estimate of drug-likeness (QED) is 0.129. The second kappa shape index (κ2) is 22.7. The average Bonchev–Trinajstić information content (AvgIpc) is 2.06. The predicted octanol–water partition coefficient (Wildman–Crippen LogP) is 7.27. The number of para-hydroxylation sites is 3. The summed E-state index contributed by atoms with van der Waals surface area (Å²) < 4.78 is 25.5. The molecule has 12 heteroatoms. The summed E-state index contributed by atoms with van der Waals surface area (Å²) in [4.78, 5) is 6.90. The van der Waals surface area contributed by atoms with Crippen LogP contribution >= 0.6 is 0 Å². The summed E-state index contributed by atoms with van der Waals surface area (Å²) in [5.41, 5.74) is 23.3. The molecule has 9 nitrogen and oxygen atoms in total. The van der Waals surface area contributed by atoms with Crippen molar-refractivity contribution in [1.29, 1.82) is 0 Å². The largest absolute Gasteiger partial charge is 0.457 e. The topological polar surface area (TPSA) is 60.8 Å². The van der Waals surface area contributed by atoms with Gasteiger partial charge in [0.05, 0.1) is 0 Å². The van der Waals surface area contributed by atoms with E-state index in [-0.39, 0.29) is 20.5 Å². The summed E-state index contributed by atoms with van der Waals surface area (Å²) in [6, 6.07) is 65.6. The molecule has 15 rings (SSSR count). The molecule has 9 heterocycles. The molecule has 0 aliphatic carbocycles. The lowest BCUT2D eigenvalue weighted by molar-refractivity contribution is -0.654. The Morgan fingerprint density at radius 2 is 0.698 bits per heavy atom. The van der Waals surface area contributed by atoms with Crippen LogP contribution in [0.5, 0.6) is 0 Å². The highest BCUT2D eigenvalue weighted by atomic mass is 16.3. The first-order valence-electron chi connectivity index (χ1n) is 29.6. The Kier molecular flexibility index (Phi) is 14.6. The molecule has 6 aromatic heterocycles. The molecular formula is C74H70B3N6O3+3. The molecule has 0 saturated heterocycles. The minimum Gasteiger partial charge on any atom is -0.457 e. The third-order valence-corrected chi connectivity index (χ3v) is 17.8. The van der Waals surface area contributed by atoms with Crippen LogP contribution in [0.3, 0.4) is 0 Å². The van der Waals surface area contributed by atoms with Crippen molar-refractivity contribution in [3.63, 3.8) is 0 Å². The standard InChI is InChI=1S/2C25H24BN2O.C24H22BN2O/c1-17-15-27(3)24(14-21(17)19-10-6-5-7-11-19)26-18(2)25-22(16-28(26)4)20-12-8-9-13-23(20)29-25;1-17-14-24(27(3)15-21(17)19-10-6-5-7-11-19)26-18(2)25-22(16-28(26)4)20-12-8-9-13-23(20)29-25;1-17-24-21(20-11-7-8-12-22(20)28-24)16-27(3)25(17)23-15-19(13-14-26(23)2)18-9-5-4-6-10-18/h2*5-16H,1-4H3;4-16H,1-3H3/q3*+1. The fourth-order valence-corrected chi connectivity index (χ4v) is 13.5. The van der Waals surface area contributed by atoms with E-state index in [1.165, 1.54) is 110 Å². The van der Waals surface area contributed by atoms with Crippen LogP contribution in [-0.2, 0) is 21.1 Å². The minimum atomic E-state index is 0.121. The number of fused-ring (bicyclic) bond motifs is 9. The summed E-state index contributed by atoms with van der Waals surface area (Å²) in [5, 5.41) is 7.04. The number of aromatic nitrogens is 3. The van der Waals surface area contributed by atoms with Gasteiger partial charge in [0.15, 0.2) is 35.4 Å². The Balaban J connectivity index is 0.000000120. The first-order valence-corrected chi connectivity index (χ1v) is 29.6. The normalized spacial score (nSPS) is 13.6. The number of hydrogen-bond donors (Lipinski definition) is 0. The smallest absolute Gasteiger partial charge is 0.402 e. The zero-order valence-corrected chi connectivity index (χ0v) is 51.0. The van der Waals surface area contributed by atoms with Crippen molar-refractivity contribution in [1.82, 2.24) is 14.4 Å². The number of benzene rings is 6. The Labute approximate surface area is 503 Å². The van der Waals surface area contributed by atoms with Crippen molar-refractivity contribution in [3.05, 3.63) is 250 Å². The molecule has 6 aromatic carbocycles. The maximum Gasteiger partial charge on any atom is 0.402 e. The summed E-state index contributed by atoms with van der Waals surface area (Å²) in [6.07, 6.45) is 13.3. The van der Waals surface area contributed by atoms with Crippen molar-refractivity contribution in [3.8, 4) is 33.4 Å². The highest BCUT2D eigenvalue weighted by molar-refractivity contribution is 6.86. The van der Waals surface area contributed by atoms with Crippen molar-refractivity contribution in [2.75, 3.05) is 21.1 Å². The molecule has 3 aliphatic heterocycles. The third-order valence-electron chi connectivity index (χ3n) is 17.8. The van der Waals surface area contributed by atoms with E-state index < -0.39 is 0 Å². The van der Waals surface area contributed by atoms with Crippen LogP contribution in [0.25, 0.3) is 101 Å². The van der Waals surface area contributed by atoms with E-state index in [9.17, 15) is 0 Å². The van der Waals surface area contributed by atoms with Gasteiger partial charge in [-0.1, -0.05) is 146 Å². The molecule has 0 fully saturated rings. The summed E-state index contributed by atoms with van der Waals surface area (Å²) in [7, 11) is 12.8. The van der Waals surface area contributed by atoms with E-state index in [1.807, 2.05) is 36.4 Å². The highest BCUT2D eigenvalue weighted by Gasteiger charge is 2.39. The number of nitrogens with zero attached hydrogens (tertiary/aromatic N) is 6. The number of rotatable bonds is 6.